The SMILES string of the molecule is NCCC1CCCCN1C(=O)C1(c2ccccc2)CC1. The van der Waals surface area contributed by atoms with Crippen LogP contribution in [0, 0.1) is 0 Å². The van der Waals surface area contributed by atoms with Gasteiger partial charge in [-0.05, 0) is 50.6 Å². The molecule has 1 amide bonds. The van der Waals surface area contributed by atoms with Crippen LogP contribution in [0.5, 0.6) is 0 Å². The highest BCUT2D eigenvalue weighted by Gasteiger charge is 2.53. The minimum atomic E-state index is -0.217. The Kier molecular flexibility index (Phi) is 3.79. The predicted octanol–water partition coefficient (Wildman–Crippen LogP) is 2.45. The lowest BCUT2D eigenvalue weighted by Crippen LogP contribution is -2.48. The van der Waals surface area contributed by atoms with Crippen molar-refractivity contribution in [3.8, 4) is 0 Å². The molecular weight excluding hydrogens is 248 g/mol. The number of likely N-dealkylation sites (tertiary alicyclic amines) is 1. The Labute approximate surface area is 121 Å². The molecule has 2 aliphatic rings. The number of benzene rings is 1. The maximum absolute atomic E-state index is 13.1. The van der Waals surface area contributed by atoms with E-state index in [-0.39, 0.29) is 5.41 Å². The normalized spacial score (nSPS) is 24.4. The minimum Gasteiger partial charge on any atom is -0.339 e. The Morgan fingerprint density at radius 1 is 1.25 bits per heavy atom. The van der Waals surface area contributed by atoms with Crippen molar-refractivity contribution < 1.29 is 4.79 Å². The second kappa shape index (κ2) is 5.57. The summed E-state index contributed by atoms with van der Waals surface area (Å²) < 4.78 is 0. The van der Waals surface area contributed by atoms with Gasteiger partial charge in [0.2, 0.25) is 5.91 Å². The number of hydrogen-bond acceptors (Lipinski definition) is 2. The molecule has 1 unspecified atom stereocenters. The van der Waals surface area contributed by atoms with Gasteiger partial charge in [-0.15, -0.1) is 0 Å². The van der Waals surface area contributed by atoms with Gasteiger partial charge in [0.15, 0.2) is 0 Å². The summed E-state index contributed by atoms with van der Waals surface area (Å²) in [4.78, 5) is 15.2. The molecule has 1 saturated heterocycles. The number of hydrogen-bond donors (Lipinski definition) is 1. The van der Waals surface area contributed by atoms with Crippen LogP contribution in [0.1, 0.15) is 44.1 Å². The van der Waals surface area contributed by atoms with Gasteiger partial charge in [-0.25, -0.2) is 0 Å². The number of carbonyl (C=O) groups excluding carboxylic acids is 1. The van der Waals surface area contributed by atoms with Crippen molar-refractivity contribution in [2.75, 3.05) is 13.1 Å². The molecule has 1 saturated carbocycles. The molecule has 3 nitrogen and oxygen atoms in total. The Morgan fingerprint density at radius 2 is 2.00 bits per heavy atom. The van der Waals surface area contributed by atoms with Crippen LogP contribution in [0.3, 0.4) is 0 Å². The van der Waals surface area contributed by atoms with Crippen LogP contribution < -0.4 is 5.73 Å². The first-order chi connectivity index (χ1) is 9.78. The molecule has 0 bridgehead atoms. The first-order valence-electron chi connectivity index (χ1n) is 7.84. The third-order valence-corrected chi connectivity index (χ3v) is 4.87. The third kappa shape index (κ3) is 2.35. The second-order valence-corrected chi connectivity index (χ2v) is 6.17. The maximum atomic E-state index is 13.1. The van der Waals surface area contributed by atoms with Gasteiger partial charge in [-0.1, -0.05) is 30.3 Å². The summed E-state index contributed by atoms with van der Waals surface area (Å²) in [6, 6.07) is 10.7. The molecule has 0 radical (unpaired) electrons. The highest BCUT2D eigenvalue weighted by atomic mass is 16.2. The molecule has 3 heteroatoms. The van der Waals surface area contributed by atoms with Crippen LogP contribution in [0.4, 0.5) is 0 Å². The number of carbonyl (C=O) groups is 1. The molecule has 2 N–H and O–H groups in total. The van der Waals surface area contributed by atoms with Crippen molar-refractivity contribution in [2.45, 2.75) is 50.0 Å². The van der Waals surface area contributed by atoms with Crippen LogP contribution in [-0.4, -0.2) is 29.9 Å². The van der Waals surface area contributed by atoms with Crippen LogP contribution in [0.2, 0.25) is 0 Å². The summed E-state index contributed by atoms with van der Waals surface area (Å²) in [7, 11) is 0. The molecule has 1 heterocycles. The van der Waals surface area contributed by atoms with Crippen LogP contribution in [-0.2, 0) is 10.2 Å². The lowest BCUT2D eigenvalue weighted by Gasteiger charge is -2.38. The van der Waals surface area contributed by atoms with Crippen LogP contribution >= 0.6 is 0 Å². The first kappa shape index (κ1) is 13.6. The number of nitrogens with two attached hydrogens (primary N) is 1. The van der Waals surface area contributed by atoms with Gasteiger partial charge >= 0.3 is 0 Å². The van der Waals surface area contributed by atoms with Crippen molar-refractivity contribution >= 4 is 5.91 Å². The highest BCUT2D eigenvalue weighted by molar-refractivity contribution is 5.91. The van der Waals surface area contributed by atoms with Crippen molar-refractivity contribution in [3.05, 3.63) is 35.9 Å². The van der Waals surface area contributed by atoms with Gasteiger partial charge in [0.25, 0.3) is 0 Å². The maximum Gasteiger partial charge on any atom is 0.233 e. The van der Waals surface area contributed by atoms with Gasteiger partial charge < -0.3 is 10.6 Å². The highest BCUT2D eigenvalue weighted by Crippen LogP contribution is 2.50. The van der Waals surface area contributed by atoms with E-state index in [4.69, 9.17) is 5.73 Å². The summed E-state index contributed by atoms with van der Waals surface area (Å²) in [5.74, 6) is 0.349. The third-order valence-electron chi connectivity index (χ3n) is 4.87. The number of nitrogens with zero attached hydrogens (tertiary/aromatic N) is 1. The minimum absolute atomic E-state index is 0.217. The van der Waals surface area contributed by atoms with E-state index in [2.05, 4.69) is 17.0 Å². The van der Waals surface area contributed by atoms with Gasteiger partial charge in [0.1, 0.15) is 0 Å². The Bertz CT molecular complexity index is 465. The fourth-order valence-corrected chi connectivity index (χ4v) is 3.54. The van der Waals surface area contributed by atoms with Crippen LogP contribution in [0.15, 0.2) is 30.3 Å². The topological polar surface area (TPSA) is 46.3 Å². The molecule has 2 fully saturated rings. The molecule has 1 atom stereocenters. The number of rotatable bonds is 4. The van der Waals surface area contributed by atoms with E-state index in [1.807, 2.05) is 18.2 Å². The monoisotopic (exact) mass is 272 g/mol. The molecule has 20 heavy (non-hydrogen) atoms. The van der Waals surface area contributed by atoms with Gasteiger partial charge in [-0.3, -0.25) is 4.79 Å². The lowest BCUT2D eigenvalue weighted by atomic mass is 9.91. The molecule has 1 aromatic rings. The van der Waals surface area contributed by atoms with Gasteiger partial charge in [0.05, 0.1) is 5.41 Å². The van der Waals surface area contributed by atoms with E-state index in [0.29, 0.717) is 18.5 Å². The fraction of sp³-hybridized carbons (Fsp3) is 0.588. The molecular formula is C17H24N2O. The summed E-state index contributed by atoms with van der Waals surface area (Å²) >= 11 is 0. The molecule has 1 aliphatic heterocycles. The summed E-state index contributed by atoms with van der Waals surface area (Å²) in [6.07, 6.45) is 6.43. The smallest absolute Gasteiger partial charge is 0.233 e. The summed E-state index contributed by atoms with van der Waals surface area (Å²) in [5, 5.41) is 0. The number of amides is 1. The van der Waals surface area contributed by atoms with Crippen LogP contribution in [0.25, 0.3) is 0 Å². The lowest BCUT2D eigenvalue weighted by molar-refractivity contribution is -0.137. The second-order valence-electron chi connectivity index (χ2n) is 6.17. The van der Waals surface area contributed by atoms with Gasteiger partial charge in [0, 0.05) is 12.6 Å². The fourth-order valence-electron chi connectivity index (χ4n) is 3.54. The summed E-state index contributed by atoms with van der Waals surface area (Å²) in [6.45, 7) is 1.59. The zero-order chi connectivity index (χ0) is 14.0. The molecule has 1 aromatic carbocycles. The Hall–Kier alpha value is -1.35. The van der Waals surface area contributed by atoms with E-state index >= 15 is 0 Å². The quantitative estimate of drug-likeness (QED) is 0.915. The average molecular weight is 272 g/mol. The van der Waals surface area contributed by atoms with E-state index in [1.54, 1.807) is 0 Å². The Balaban J connectivity index is 1.81. The van der Waals surface area contributed by atoms with Crippen molar-refractivity contribution in [1.29, 1.82) is 0 Å². The van der Waals surface area contributed by atoms with Gasteiger partial charge in [-0.2, -0.15) is 0 Å². The molecule has 3 rings (SSSR count). The zero-order valence-corrected chi connectivity index (χ0v) is 12.1. The van der Waals surface area contributed by atoms with Crippen molar-refractivity contribution in [2.24, 2.45) is 5.73 Å². The summed E-state index contributed by atoms with van der Waals surface area (Å²) in [5.41, 5.74) is 6.70. The standard InChI is InChI=1S/C17H24N2O/c18-12-9-15-8-4-5-13-19(15)16(20)17(10-11-17)14-6-2-1-3-7-14/h1-3,6-7,15H,4-5,8-13,18H2. The molecule has 0 aromatic heterocycles. The van der Waals surface area contributed by atoms with E-state index in [1.165, 1.54) is 12.0 Å². The molecule has 1 aliphatic carbocycles. The van der Waals surface area contributed by atoms with Crippen molar-refractivity contribution in [1.82, 2.24) is 4.90 Å². The van der Waals surface area contributed by atoms with E-state index in [9.17, 15) is 4.79 Å². The number of piperidine rings is 1. The molecule has 108 valence electrons. The Morgan fingerprint density at radius 3 is 2.65 bits per heavy atom. The largest absolute Gasteiger partial charge is 0.339 e. The van der Waals surface area contributed by atoms with E-state index in [0.717, 1.165) is 38.6 Å². The molecule has 0 spiro atoms. The predicted molar refractivity (Wildman–Crippen MR) is 80.4 cm³/mol. The zero-order valence-electron chi connectivity index (χ0n) is 12.1. The first-order valence-corrected chi connectivity index (χ1v) is 7.84. The average Bonchev–Trinajstić information content (AvgIpc) is 3.30. The van der Waals surface area contributed by atoms with Crippen molar-refractivity contribution in [3.63, 3.8) is 0 Å². The van der Waals surface area contributed by atoms with E-state index < -0.39 is 0 Å².